The summed E-state index contributed by atoms with van der Waals surface area (Å²) >= 11 is 0. The third-order valence-corrected chi connectivity index (χ3v) is 6.26. The highest BCUT2D eigenvalue weighted by atomic mass is 16.5. The van der Waals surface area contributed by atoms with Gasteiger partial charge in [0.25, 0.3) is 5.91 Å². The van der Waals surface area contributed by atoms with Crippen molar-refractivity contribution in [3.05, 3.63) is 77.3 Å². The fraction of sp³-hybridized carbons (Fsp3) is 0.333. The third-order valence-electron chi connectivity index (χ3n) is 6.26. The number of fused-ring (bicyclic) bond motifs is 1. The first kappa shape index (κ1) is 23.6. The van der Waals surface area contributed by atoms with E-state index in [9.17, 15) is 14.7 Å². The number of carbonyl (C=O) groups excluding carboxylic acids is 2. The number of para-hydroxylation sites is 1. The van der Waals surface area contributed by atoms with Crippen LogP contribution in [0.5, 0.6) is 5.75 Å². The molecule has 1 aliphatic rings. The predicted octanol–water partition coefficient (Wildman–Crippen LogP) is 4.75. The van der Waals surface area contributed by atoms with Crippen LogP contribution in [0, 0.1) is 0 Å². The quantitative estimate of drug-likeness (QED) is 0.438. The second-order valence-electron chi connectivity index (χ2n) is 8.17. The van der Waals surface area contributed by atoms with Gasteiger partial charge in [-0.2, -0.15) is 0 Å². The van der Waals surface area contributed by atoms with Crippen molar-refractivity contribution in [2.24, 2.45) is 0 Å². The summed E-state index contributed by atoms with van der Waals surface area (Å²) in [6, 6.07) is 15.5. The summed E-state index contributed by atoms with van der Waals surface area (Å²) in [7, 11) is 0. The molecule has 1 aromatic heterocycles. The first-order chi connectivity index (χ1) is 16.5. The van der Waals surface area contributed by atoms with Crippen LogP contribution in [0.2, 0.25) is 0 Å². The lowest BCUT2D eigenvalue weighted by atomic mass is 9.95. The number of ether oxygens (including phenoxy) is 1. The number of rotatable bonds is 10. The summed E-state index contributed by atoms with van der Waals surface area (Å²) in [5.74, 6) is -0.777. The van der Waals surface area contributed by atoms with Crippen LogP contribution in [0.25, 0.3) is 11.0 Å². The highest BCUT2D eigenvalue weighted by molar-refractivity contribution is 6.16. The average Bonchev–Trinajstić information content (AvgIpc) is 3.40. The summed E-state index contributed by atoms with van der Waals surface area (Å²) in [6.07, 6.45) is 0. The van der Waals surface area contributed by atoms with Crippen molar-refractivity contribution in [3.8, 4) is 5.75 Å². The standard InChI is InChI=1S/C27H30N2O5/c1-4-28(5-2)15-16-29-24(18-11-13-20(14-12-18)33-6-3)23(26(31)27(29)32)25(30)22-17-19-9-7-8-10-21(19)34-22/h7-14,17,24,31H,4-6,15-16H2,1-3H3/t24-/m0/s1. The molecule has 0 fully saturated rings. The van der Waals surface area contributed by atoms with E-state index < -0.39 is 23.5 Å². The molecule has 178 valence electrons. The summed E-state index contributed by atoms with van der Waals surface area (Å²) in [5, 5.41) is 11.7. The summed E-state index contributed by atoms with van der Waals surface area (Å²) < 4.78 is 11.3. The van der Waals surface area contributed by atoms with E-state index in [1.165, 1.54) is 0 Å². The lowest BCUT2D eigenvalue weighted by Gasteiger charge is -2.29. The largest absolute Gasteiger partial charge is 0.503 e. The van der Waals surface area contributed by atoms with Crippen molar-refractivity contribution < 1.29 is 23.8 Å². The molecule has 0 saturated heterocycles. The fourth-order valence-corrected chi connectivity index (χ4v) is 4.39. The molecule has 0 aliphatic carbocycles. The maximum absolute atomic E-state index is 13.6. The zero-order chi connectivity index (χ0) is 24.2. The van der Waals surface area contributed by atoms with E-state index in [0.29, 0.717) is 31.0 Å². The molecule has 0 spiro atoms. The van der Waals surface area contributed by atoms with Crippen molar-refractivity contribution in [1.29, 1.82) is 0 Å². The van der Waals surface area contributed by atoms with Gasteiger partial charge in [-0.25, -0.2) is 0 Å². The molecular weight excluding hydrogens is 432 g/mol. The number of ketones is 1. The number of Topliss-reactive ketones (excluding diaryl/α,β-unsaturated/α-hetero) is 1. The number of carbonyl (C=O) groups is 2. The minimum atomic E-state index is -0.723. The van der Waals surface area contributed by atoms with Gasteiger partial charge in [0.05, 0.1) is 18.2 Å². The number of furan rings is 1. The Morgan fingerprint density at radius 1 is 1.09 bits per heavy atom. The van der Waals surface area contributed by atoms with Gasteiger partial charge in [-0.15, -0.1) is 0 Å². The molecule has 3 aromatic rings. The topological polar surface area (TPSA) is 83.2 Å². The molecule has 2 aromatic carbocycles. The summed E-state index contributed by atoms with van der Waals surface area (Å²) in [5.41, 5.74) is 1.33. The Labute approximate surface area is 199 Å². The number of benzene rings is 2. The van der Waals surface area contributed by atoms with E-state index in [1.807, 2.05) is 49.4 Å². The van der Waals surface area contributed by atoms with Crippen molar-refractivity contribution in [2.75, 3.05) is 32.8 Å². The van der Waals surface area contributed by atoms with Crippen molar-refractivity contribution in [3.63, 3.8) is 0 Å². The van der Waals surface area contributed by atoms with Crippen LogP contribution in [0.15, 0.2) is 70.3 Å². The monoisotopic (exact) mass is 462 g/mol. The van der Waals surface area contributed by atoms with Gasteiger partial charge in [0.2, 0.25) is 5.78 Å². The lowest BCUT2D eigenvalue weighted by molar-refractivity contribution is -0.129. The second-order valence-corrected chi connectivity index (χ2v) is 8.17. The van der Waals surface area contributed by atoms with E-state index in [-0.39, 0.29) is 11.3 Å². The van der Waals surface area contributed by atoms with E-state index in [0.717, 1.165) is 24.0 Å². The zero-order valence-corrected chi connectivity index (χ0v) is 19.8. The molecule has 34 heavy (non-hydrogen) atoms. The van der Waals surface area contributed by atoms with E-state index in [2.05, 4.69) is 18.7 Å². The Balaban J connectivity index is 1.73. The highest BCUT2D eigenvalue weighted by Crippen LogP contribution is 2.40. The van der Waals surface area contributed by atoms with Gasteiger partial charge < -0.3 is 24.1 Å². The molecule has 1 N–H and O–H groups in total. The molecule has 7 heteroatoms. The van der Waals surface area contributed by atoms with Crippen molar-refractivity contribution >= 4 is 22.7 Å². The second kappa shape index (κ2) is 10.1. The van der Waals surface area contributed by atoms with Crippen LogP contribution in [0.1, 0.15) is 42.9 Å². The minimum Gasteiger partial charge on any atom is -0.503 e. The number of nitrogens with zero attached hydrogens (tertiary/aromatic N) is 2. The Bertz CT molecular complexity index is 1170. The number of amides is 1. The normalized spacial score (nSPS) is 16.2. The van der Waals surface area contributed by atoms with Crippen molar-refractivity contribution in [1.82, 2.24) is 9.80 Å². The van der Waals surface area contributed by atoms with Gasteiger partial charge in [-0.1, -0.05) is 44.2 Å². The average molecular weight is 463 g/mol. The highest BCUT2D eigenvalue weighted by Gasteiger charge is 2.44. The van der Waals surface area contributed by atoms with Crippen LogP contribution in [0.3, 0.4) is 0 Å². The molecule has 0 radical (unpaired) electrons. The maximum Gasteiger partial charge on any atom is 0.290 e. The molecule has 7 nitrogen and oxygen atoms in total. The SMILES string of the molecule is CCOc1ccc([C@H]2C(C(=O)c3cc4ccccc4o3)=C(O)C(=O)N2CCN(CC)CC)cc1. The molecule has 0 bridgehead atoms. The summed E-state index contributed by atoms with van der Waals surface area (Å²) in [4.78, 5) is 30.5. The van der Waals surface area contributed by atoms with Crippen LogP contribution >= 0.6 is 0 Å². The number of hydrogen-bond donors (Lipinski definition) is 1. The first-order valence-electron chi connectivity index (χ1n) is 11.7. The number of hydrogen-bond acceptors (Lipinski definition) is 6. The zero-order valence-electron chi connectivity index (χ0n) is 19.8. The van der Waals surface area contributed by atoms with Gasteiger partial charge >= 0.3 is 0 Å². The number of likely N-dealkylation sites (N-methyl/N-ethyl adjacent to an activating group) is 1. The first-order valence-corrected chi connectivity index (χ1v) is 11.7. The Hall–Kier alpha value is -3.58. The van der Waals surface area contributed by atoms with Crippen molar-refractivity contribution in [2.45, 2.75) is 26.8 Å². The van der Waals surface area contributed by atoms with Gasteiger partial charge in [0.1, 0.15) is 11.3 Å². The van der Waals surface area contributed by atoms with E-state index in [4.69, 9.17) is 9.15 Å². The third kappa shape index (κ3) is 4.43. The number of aliphatic hydroxyl groups excluding tert-OH is 1. The van der Waals surface area contributed by atoms with Crippen LogP contribution in [-0.2, 0) is 4.79 Å². The Morgan fingerprint density at radius 2 is 1.79 bits per heavy atom. The number of aliphatic hydroxyl groups is 1. The molecule has 2 heterocycles. The Morgan fingerprint density at radius 3 is 2.44 bits per heavy atom. The molecule has 0 unspecified atom stereocenters. The molecular formula is C27H30N2O5. The molecule has 1 aliphatic heterocycles. The molecule has 1 atom stereocenters. The van der Waals surface area contributed by atoms with Crippen LogP contribution in [0.4, 0.5) is 0 Å². The fourth-order valence-electron chi connectivity index (χ4n) is 4.39. The van der Waals surface area contributed by atoms with Gasteiger partial charge in [-0.3, -0.25) is 9.59 Å². The van der Waals surface area contributed by atoms with Gasteiger partial charge in [0, 0.05) is 18.5 Å². The van der Waals surface area contributed by atoms with Crippen LogP contribution < -0.4 is 4.74 Å². The van der Waals surface area contributed by atoms with Gasteiger partial charge in [-0.05, 0) is 49.8 Å². The Kier molecular flexibility index (Phi) is 7.03. The molecule has 4 rings (SSSR count). The van der Waals surface area contributed by atoms with Crippen LogP contribution in [-0.4, -0.2) is 59.4 Å². The minimum absolute atomic E-state index is 0.0350. The lowest BCUT2D eigenvalue weighted by Crippen LogP contribution is -2.38. The molecule has 0 saturated carbocycles. The smallest absolute Gasteiger partial charge is 0.290 e. The van der Waals surface area contributed by atoms with E-state index >= 15 is 0 Å². The van der Waals surface area contributed by atoms with E-state index in [1.54, 1.807) is 17.0 Å². The maximum atomic E-state index is 13.6. The van der Waals surface area contributed by atoms with Gasteiger partial charge in [0.15, 0.2) is 11.5 Å². The summed E-state index contributed by atoms with van der Waals surface area (Å²) in [6.45, 7) is 9.26. The molecule has 1 amide bonds. The predicted molar refractivity (Wildman–Crippen MR) is 130 cm³/mol.